The Labute approximate surface area is 168 Å². The van der Waals surface area contributed by atoms with Gasteiger partial charge < -0.3 is 13.6 Å². The van der Waals surface area contributed by atoms with E-state index < -0.39 is 79.7 Å². The predicted octanol–water partition coefficient (Wildman–Crippen LogP) is 6.45. The molecule has 0 N–H and O–H groups in total. The molecule has 0 unspecified atom stereocenters. The number of phosphoric ester groups is 1. The first kappa shape index (κ1) is 9.29. The summed E-state index contributed by atoms with van der Waals surface area (Å²) in [5.74, 6) is -1.74. The Bertz CT molecular complexity index is 1260. The summed E-state index contributed by atoms with van der Waals surface area (Å²) in [6, 6.07) is -1.64. The number of hydrogen-bond donors (Lipinski definition) is 0. The largest absolute Gasteiger partial charge is 0.647 e. The molecule has 0 spiro atoms. The third kappa shape index (κ3) is 4.90. The van der Waals surface area contributed by atoms with E-state index in [9.17, 15) is 4.57 Å². The Kier molecular flexibility index (Phi) is 2.90. The molecule has 0 saturated heterocycles. The Morgan fingerprint density at radius 2 is 1.31 bits per heavy atom. The van der Waals surface area contributed by atoms with Gasteiger partial charge in [-0.05, 0) is 47.8 Å². The van der Waals surface area contributed by atoms with E-state index in [-0.39, 0.29) is 11.7 Å². The minimum absolute atomic E-state index is 0.0387. The Hall–Kier alpha value is -2.71. The number of phosphoric acid groups is 1. The summed E-state index contributed by atoms with van der Waals surface area (Å²) < 4.78 is 109. The fourth-order valence-corrected chi connectivity index (χ4v) is 3.02. The van der Waals surface area contributed by atoms with E-state index >= 15 is 0 Å². The van der Waals surface area contributed by atoms with Gasteiger partial charge in [0.15, 0.2) is 0 Å². The third-order valence-corrected chi connectivity index (χ3v) is 4.35. The maximum atomic E-state index is 13.9. The Morgan fingerprint density at radius 3 is 1.81 bits per heavy atom. The molecule has 5 heteroatoms. The van der Waals surface area contributed by atoms with Gasteiger partial charge in [-0.1, -0.05) is 62.2 Å². The summed E-state index contributed by atoms with van der Waals surface area (Å²) in [6.07, 6.45) is 0. The van der Waals surface area contributed by atoms with Crippen LogP contribution in [0.2, 0.25) is 0 Å². The number of benzene rings is 3. The molecule has 0 amide bonds. The molecule has 0 fully saturated rings. The van der Waals surface area contributed by atoms with Crippen molar-refractivity contribution in [2.24, 2.45) is 0 Å². The summed E-state index contributed by atoms with van der Waals surface area (Å²) in [4.78, 5) is 0. The molecule has 0 heterocycles. The maximum absolute atomic E-state index is 13.9. The molecule has 0 aromatic heterocycles. The SMILES string of the molecule is [2H]c1c([2H])c([2H])c(OP(=O)(Oc2cccc(C(C)C)c2)Oc2c([2H])c([2H])c([2H])c([2H])c2[2H])c([2H])c1[2H]. The number of para-hydroxylation sites is 2. The molecule has 0 bridgehead atoms. The van der Waals surface area contributed by atoms with E-state index in [1.807, 2.05) is 13.8 Å². The van der Waals surface area contributed by atoms with Crippen molar-refractivity contribution in [3.8, 4) is 17.2 Å². The Balaban J connectivity index is 2.20. The fraction of sp³-hybridized carbons (Fsp3) is 0.143. The first-order valence-electron chi connectivity index (χ1n) is 12.6. The average molecular weight is 378 g/mol. The van der Waals surface area contributed by atoms with Crippen molar-refractivity contribution in [1.82, 2.24) is 0 Å². The van der Waals surface area contributed by atoms with E-state index in [0.29, 0.717) is 0 Å². The molecule has 0 atom stereocenters. The van der Waals surface area contributed by atoms with Gasteiger partial charge in [0, 0.05) is 0 Å². The zero-order chi connectivity index (χ0) is 27.1. The second kappa shape index (κ2) is 8.11. The van der Waals surface area contributed by atoms with Gasteiger partial charge >= 0.3 is 7.82 Å². The van der Waals surface area contributed by atoms with Crippen LogP contribution in [0, 0.1) is 0 Å². The molecule has 0 aliphatic carbocycles. The summed E-state index contributed by atoms with van der Waals surface area (Å²) in [7, 11) is -5.09. The molecule has 3 rings (SSSR count). The highest BCUT2D eigenvalue weighted by Gasteiger charge is 2.33. The van der Waals surface area contributed by atoms with Crippen LogP contribution in [0.5, 0.6) is 17.2 Å². The normalized spacial score (nSPS) is 16.6. The smallest absolute Gasteiger partial charge is 0.386 e. The van der Waals surface area contributed by atoms with Crippen LogP contribution < -0.4 is 13.6 Å². The monoisotopic (exact) mass is 378 g/mol. The molecule has 4 nitrogen and oxygen atoms in total. The van der Waals surface area contributed by atoms with Gasteiger partial charge in [0.2, 0.25) is 0 Å². The minimum Gasteiger partial charge on any atom is -0.386 e. The van der Waals surface area contributed by atoms with Crippen LogP contribution in [-0.2, 0) is 4.57 Å². The zero-order valence-electron chi connectivity index (χ0n) is 24.0. The molecular formula is C21H21O4P. The lowest BCUT2D eigenvalue weighted by Crippen LogP contribution is -2.07. The van der Waals surface area contributed by atoms with Gasteiger partial charge in [0.1, 0.15) is 17.2 Å². The zero-order valence-corrected chi connectivity index (χ0v) is 14.9. The lowest BCUT2D eigenvalue weighted by atomic mass is 10.0. The lowest BCUT2D eigenvalue weighted by Gasteiger charge is -2.20. The van der Waals surface area contributed by atoms with Gasteiger partial charge in [0.05, 0.1) is 13.7 Å². The van der Waals surface area contributed by atoms with Gasteiger partial charge in [-0.3, -0.25) is 0 Å². The number of rotatable bonds is 7. The van der Waals surface area contributed by atoms with Gasteiger partial charge in [-0.25, -0.2) is 0 Å². The van der Waals surface area contributed by atoms with Crippen molar-refractivity contribution < 1.29 is 31.8 Å². The van der Waals surface area contributed by atoms with Gasteiger partial charge in [-0.2, -0.15) is 4.57 Å². The summed E-state index contributed by atoms with van der Waals surface area (Å²) in [6.45, 7) is 3.79. The van der Waals surface area contributed by atoms with E-state index in [2.05, 4.69) is 0 Å². The number of hydrogen-bond acceptors (Lipinski definition) is 4. The van der Waals surface area contributed by atoms with E-state index in [4.69, 9.17) is 27.3 Å². The molecule has 26 heavy (non-hydrogen) atoms. The third-order valence-electron chi connectivity index (χ3n) is 3.10. The van der Waals surface area contributed by atoms with E-state index in [1.54, 1.807) is 12.1 Å². The van der Waals surface area contributed by atoms with Crippen molar-refractivity contribution in [3.05, 3.63) is 90.3 Å². The van der Waals surface area contributed by atoms with Crippen LogP contribution >= 0.6 is 7.82 Å². The van der Waals surface area contributed by atoms with Crippen LogP contribution in [0.4, 0.5) is 0 Å². The van der Waals surface area contributed by atoms with Crippen LogP contribution in [0.3, 0.4) is 0 Å². The topological polar surface area (TPSA) is 44.8 Å². The molecule has 0 saturated carbocycles. The molecule has 0 radical (unpaired) electrons. The van der Waals surface area contributed by atoms with E-state index in [1.165, 1.54) is 12.1 Å². The summed E-state index contributed by atoms with van der Waals surface area (Å²) in [5, 5.41) is 0. The standard InChI is InChI=1S/C21H21O4P/c1-17(2)18-10-9-15-21(16-18)25-26(22,23-19-11-5-3-6-12-19)24-20-13-7-4-8-14-20/h3-17H,1-2H3/i3D,4D,5D,6D,7D,8D,11D,12D,13D,14D. The first-order chi connectivity index (χ1) is 16.7. The average Bonchev–Trinajstić information content (AvgIpc) is 2.84. The van der Waals surface area contributed by atoms with Crippen LogP contribution in [0.1, 0.15) is 39.0 Å². The molecule has 3 aromatic rings. The van der Waals surface area contributed by atoms with Crippen molar-refractivity contribution in [3.63, 3.8) is 0 Å². The van der Waals surface area contributed by atoms with Crippen LogP contribution in [0.15, 0.2) is 84.7 Å². The molecule has 0 aliphatic rings. The van der Waals surface area contributed by atoms with Crippen molar-refractivity contribution in [2.45, 2.75) is 19.8 Å². The van der Waals surface area contributed by atoms with Crippen molar-refractivity contribution >= 4 is 7.82 Å². The van der Waals surface area contributed by atoms with Gasteiger partial charge in [-0.15, -0.1) is 0 Å². The van der Waals surface area contributed by atoms with Crippen molar-refractivity contribution in [2.75, 3.05) is 0 Å². The fourth-order valence-electron chi connectivity index (χ4n) is 1.91. The highest BCUT2D eigenvalue weighted by atomic mass is 31.2. The van der Waals surface area contributed by atoms with Gasteiger partial charge in [0.25, 0.3) is 0 Å². The first-order valence-corrected chi connectivity index (χ1v) is 9.07. The van der Waals surface area contributed by atoms with Crippen LogP contribution in [0.25, 0.3) is 0 Å². The summed E-state index contributed by atoms with van der Waals surface area (Å²) in [5.41, 5.74) is 0.768. The predicted molar refractivity (Wildman–Crippen MR) is 103 cm³/mol. The van der Waals surface area contributed by atoms with Crippen LogP contribution in [-0.4, -0.2) is 0 Å². The molecule has 0 aliphatic heterocycles. The van der Waals surface area contributed by atoms with E-state index in [0.717, 1.165) is 5.56 Å². The second-order valence-electron chi connectivity index (χ2n) is 5.36. The second-order valence-corrected chi connectivity index (χ2v) is 6.80. The molecular weight excluding hydrogens is 347 g/mol. The Morgan fingerprint density at radius 1 is 0.808 bits per heavy atom. The maximum Gasteiger partial charge on any atom is 0.647 e. The van der Waals surface area contributed by atoms with Crippen molar-refractivity contribution in [1.29, 1.82) is 0 Å². The minimum atomic E-state index is -5.09. The quantitative estimate of drug-likeness (QED) is 0.443. The highest BCUT2D eigenvalue weighted by molar-refractivity contribution is 7.49. The molecule has 3 aromatic carbocycles. The lowest BCUT2D eigenvalue weighted by molar-refractivity contribution is 0.298. The summed E-state index contributed by atoms with van der Waals surface area (Å²) >= 11 is 0. The highest BCUT2D eigenvalue weighted by Crippen LogP contribution is 2.49. The molecule has 134 valence electrons.